The Morgan fingerprint density at radius 3 is 2.17 bits per heavy atom. The first kappa shape index (κ1) is 18.4. The standard InChI is InChI=1S/C14H22N4O5S/c1-10-14(11(2)23-15-10)24(21,22)16(4)9-13(20)18-7-5-17(6-8-18)12(3)19/h5-9H2,1-4H3. The van der Waals surface area contributed by atoms with Crippen LogP contribution in [-0.4, -0.2) is 79.3 Å². The SMILES string of the molecule is CC(=O)N1CCN(C(=O)CN(C)S(=O)(=O)c2c(C)noc2C)CC1. The van der Waals surface area contributed by atoms with Crippen molar-refractivity contribution in [3.63, 3.8) is 0 Å². The van der Waals surface area contributed by atoms with Gasteiger partial charge >= 0.3 is 0 Å². The summed E-state index contributed by atoms with van der Waals surface area (Å²) in [5.74, 6) is -0.127. The van der Waals surface area contributed by atoms with Gasteiger partial charge in [0.05, 0.1) is 6.54 Å². The van der Waals surface area contributed by atoms with Crippen molar-refractivity contribution in [3.8, 4) is 0 Å². The van der Waals surface area contributed by atoms with Crippen molar-refractivity contribution < 1.29 is 22.5 Å². The van der Waals surface area contributed by atoms with Crippen LogP contribution in [0, 0.1) is 13.8 Å². The van der Waals surface area contributed by atoms with Crippen molar-refractivity contribution >= 4 is 21.8 Å². The molecule has 1 fully saturated rings. The Kier molecular flexibility index (Phi) is 5.29. The zero-order valence-electron chi connectivity index (χ0n) is 14.3. The van der Waals surface area contributed by atoms with Crippen molar-refractivity contribution in [1.29, 1.82) is 0 Å². The second-order valence-electron chi connectivity index (χ2n) is 5.80. The zero-order valence-corrected chi connectivity index (χ0v) is 15.1. The van der Waals surface area contributed by atoms with Crippen LogP contribution in [0.1, 0.15) is 18.4 Å². The van der Waals surface area contributed by atoms with Crippen LogP contribution < -0.4 is 0 Å². The van der Waals surface area contributed by atoms with Gasteiger partial charge in [-0.25, -0.2) is 8.42 Å². The van der Waals surface area contributed by atoms with Crippen LogP contribution in [0.2, 0.25) is 0 Å². The fourth-order valence-electron chi connectivity index (χ4n) is 2.64. The van der Waals surface area contributed by atoms with Gasteiger partial charge in [-0.3, -0.25) is 9.59 Å². The molecular weight excluding hydrogens is 336 g/mol. The summed E-state index contributed by atoms with van der Waals surface area (Å²) in [5.41, 5.74) is 0.266. The number of piperazine rings is 1. The molecule has 1 saturated heterocycles. The maximum Gasteiger partial charge on any atom is 0.248 e. The van der Waals surface area contributed by atoms with Crippen molar-refractivity contribution in [3.05, 3.63) is 11.5 Å². The monoisotopic (exact) mass is 358 g/mol. The van der Waals surface area contributed by atoms with Gasteiger partial charge in [0.2, 0.25) is 21.8 Å². The van der Waals surface area contributed by atoms with E-state index >= 15 is 0 Å². The molecule has 9 nitrogen and oxygen atoms in total. The molecule has 0 spiro atoms. The average Bonchev–Trinajstić information content (AvgIpc) is 2.86. The van der Waals surface area contributed by atoms with E-state index in [1.54, 1.807) is 16.7 Å². The number of rotatable bonds is 4. The Morgan fingerprint density at radius 2 is 1.71 bits per heavy atom. The number of carbonyl (C=O) groups excluding carboxylic acids is 2. The fraction of sp³-hybridized carbons (Fsp3) is 0.643. The van der Waals surface area contributed by atoms with Gasteiger partial charge in [0.15, 0.2) is 5.76 Å². The zero-order chi connectivity index (χ0) is 18.1. The van der Waals surface area contributed by atoms with Crippen LogP contribution in [0.25, 0.3) is 0 Å². The van der Waals surface area contributed by atoms with Crippen molar-refractivity contribution in [2.75, 3.05) is 39.8 Å². The summed E-state index contributed by atoms with van der Waals surface area (Å²) < 4.78 is 31.1. The molecule has 0 unspecified atom stereocenters. The highest BCUT2D eigenvalue weighted by Crippen LogP contribution is 2.22. The van der Waals surface area contributed by atoms with E-state index in [2.05, 4.69) is 5.16 Å². The van der Waals surface area contributed by atoms with Crippen LogP contribution in [-0.2, 0) is 19.6 Å². The molecule has 2 amide bonds. The topological polar surface area (TPSA) is 104 Å². The molecule has 0 atom stereocenters. The fourth-order valence-corrected chi connectivity index (χ4v) is 4.05. The number of sulfonamides is 1. The molecule has 10 heteroatoms. The van der Waals surface area contributed by atoms with Gasteiger partial charge in [0.25, 0.3) is 0 Å². The highest BCUT2D eigenvalue weighted by molar-refractivity contribution is 7.89. The van der Waals surface area contributed by atoms with E-state index in [-0.39, 0.29) is 34.7 Å². The smallest absolute Gasteiger partial charge is 0.248 e. The summed E-state index contributed by atoms with van der Waals surface area (Å²) in [6, 6.07) is 0. The number of nitrogens with zero attached hydrogens (tertiary/aromatic N) is 4. The predicted octanol–water partition coefficient (Wildman–Crippen LogP) is -0.397. The quantitative estimate of drug-likeness (QED) is 0.726. The summed E-state index contributed by atoms with van der Waals surface area (Å²) in [5, 5.41) is 3.65. The van der Waals surface area contributed by atoms with Gasteiger partial charge in [-0.2, -0.15) is 4.31 Å². The maximum atomic E-state index is 12.6. The Bertz CT molecular complexity index is 715. The van der Waals surface area contributed by atoms with E-state index in [1.165, 1.54) is 20.9 Å². The maximum absolute atomic E-state index is 12.6. The van der Waals surface area contributed by atoms with Crippen LogP contribution in [0.15, 0.2) is 9.42 Å². The molecule has 1 aromatic heterocycles. The van der Waals surface area contributed by atoms with E-state index in [9.17, 15) is 18.0 Å². The molecule has 0 aromatic carbocycles. The minimum absolute atomic E-state index is 0.000742. The highest BCUT2D eigenvalue weighted by Gasteiger charge is 2.31. The first-order valence-corrected chi connectivity index (χ1v) is 9.01. The minimum atomic E-state index is -3.85. The van der Waals surface area contributed by atoms with Crippen LogP contribution in [0.3, 0.4) is 0 Å². The number of amides is 2. The molecule has 1 aliphatic heterocycles. The lowest BCUT2D eigenvalue weighted by Gasteiger charge is -2.34. The summed E-state index contributed by atoms with van der Waals surface area (Å²) in [4.78, 5) is 26.9. The first-order valence-electron chi connectivity index (χ1n) is 7.57. The molecule has 0 radical (unpaired) electrons. The molecule has 0 aliphatic carbocycles. The van der Waals surface area contributed by atoms with E-state index in [4.69, 9.17) is 4.52 Å². The molecule has 1 aliphatic rings. The minimum Gasteiger partial charge on any atom is -0.360 e. The number of hydrogen-bond acceptors (Lipinski definition) is 6. The summed E-state index contributed by atoms with van der Waals surface area (Å²) >= 11 is 0. The normalized spacial score (nSPS) is 15.9. The Morgan fingerprint density at radius 1 is 1.17 bits per heavy atom. The van der Waals surface area contributed by atoms with E-state index in [0.717, 1.165) is 4.31 Å². The average molecular weight is 358 g/mol. The Balaban J connectivity index is 2.03. The lowest BCUT2D eigenvalue weighted by atomic mass is 10.3. The van der Waals surface area contributed by atoms with Crippen LogP contribution in [0.5, 0.6) is 0 Å². The Labute approximate surface area is 141 Å². The van der Waals surface area contributed by atoms with Crippen LogP contribution >= 0.6 is 0 Å². The summed E-state index contributed by atoms with van der Waals surface area (Å²) in [6.07, 6.45) is 0. The van der Waals surface area contributed by atoms with E-state index in [0.29, 0.717) is 26.2 Å². The molecule has 0 bridgehead atoms. The first-order chi connectivity index (χ1) is 11.1. The molecule has 2 heterocycles. The van der Waals surface area contributed by atoms with Crippen LogP contribution in [0.4, 0.5) is 0 Å². The number of aromatic nitrogens is 1. The van der Waals surface area contributed by atoms with Gasteiger partial charge < -0.3 is 14.3 Å². The van der Waals surface area contributed by atoms with Gasteiger partial charge in [0.1, 0.15) is 10.6 Å². The van der Waals surface area contributed by atoms with Gasteiger partial charge in [-0.05, 0) is 13.8 Å². The molecule has 0 N–H and O–H groups in total. The molecule has 2 rings (SSSR count). The molecule has 134 valence electrons. The van der Waals surface area contributed by atoms with Crippen molar-refractivity contribution in [1.82, 2.24) is 19.3 Å². The second kappa shape index (κ2) is 6.89. The number of carbonyl (C=O) groups is 2. The summed E-state index contributed by atoms with van der Waals surface area (Å²) in [7, 11) is -2.50. The largest absolute Gasteiger partial charge is 0.360 e. The predicted molar refractivity (Wildman–Crippen MR) is 84.6 cm³/mol. The van der Waals surface area contributed by atoms with Gasteiger partial charge in [-0.15, -0.1) is 0 Å². The molecule has 1 aromatic rings. The lowest BCUT2D eigenvalue weighted by molar-refractivity contribution is -0.138. The third-order valence-corrected chi connectivity index (χ3v) is 6.12. The number of likely N-dealkylation sites (N-methyl/N-ethyl adjacent to an activating group) is 1. The number of aryl methyl sites for hydroxylation is 2. The molecule has 24 heavy (non-hydrogen) atoms. The third kappa shape index (κ3) is 3.59. The van der Waals surface area contributed by atoms with Gasteiger partial charge in [-0.1, -0.05) is 5.16 Å². The van der Waals surface area contributed by atoms with E-state index < -0.39 is 10.0 Å². The number of hydrogen-bond donors (Lipinski definition) is 0. The molecular formula is C14H22N4O5S. The van der Waals surface area contributed by atoms with Gasteiger partial charge in [0, 0.05) is 40.2 Å². The second-order valence-corrected chi connectivity index (χ2v) is 7.78. The van der Waals surface area contributed by atoms with E-state index in [1.807, 2.05) is 0 Å². The highest BCUT2D eigenvalue weighted by atomic mass is 32.2. The molecule has 0 saturated carbocycles. The third-order valence-electron chi connectivity index (χ3n) is 4.07. The Hall–Kier alpha value is -1.94. The summed E-state index contributed by atoms with van der Waals surface area (Å²) in [6.45, 7) is 6.00. The van der Waals surface area contributed by atoms with Crippen molar-refractivity contribution in [2.24, 2.45) is 0 Å². The van der Waals surface area contributed by atoms with Crippen molar-refractivity contribution in [2.45, 2.75) is 25.7 Å². The lowest BCUT2D eigenvalue weighted by Crippen LogP contribution is -2.52.